The fraction of sp³-hybridized carbons (Fsp3) is 0.458. The summed E-state index contributed by atoms with van der Waals surface area (Å²) in [7, 11) is 5.22. The van der Waals surface area contributed by atoms with Crippen molar-refractivity contribution in [3.8, 4) is 11.5 Å². The van der Waals surface area contributed by atoms with Crippen molar-refractivity contribution in [2.75, 3.05) is 39.3 Å². The number of nitrogens with one attached hydrogen (secondary N) is 2. The number of nitrogens with zero attached hydrogens (tertiary/aromatic N) is 2. The van der Waals surface area contributed by atoms with Gasteiger partial charge in [0.15, 0.2) is 5.96 Å². The van der Waals surface area contributed by atoms with Crippen molar-refractivity contribution >= 4 is 11.6 Å². The Bertz CT molecular complexity index is 892. The minimum Gasteiger partial charge on any atom is -0.497 e. The number of aliphatic imine (C=N–C) groups is 1. The third-order valence-electron chi connectivity index (χ3n) is 6.15. The topological polar surface area (TPSA) is 58.1 Å². The zero-order valence-electron chi connectivity index (χ0n) is 18.3. The molecule has 0 spiro atoms. The molecule has 1 heterocycles. The Morgan fingerprint density at radius 3 is 2.47 bits per heavy atom. The Hall–Kier alpha value is -2.89. The molecular weight excluding hydrogens is 376 g/mol. The smallest absolute Gasteiger partial charge is 0.191 e. The highest BCUT2D eigenvalue weighted by molar-refractivity contribution is 5.81. The summed E-state index contributed by atoms with van der Waals surface area (Å²) in [6.45, 7) is 4.10. The molecule has 0 radical (unpaired) electrons. The van der Waals surface area contributed by atoms with E-state index in [0.717, 1.165) is 49.1 Å². The van der Waals surface area contributed by atoms with Crippen LogP contribution < -0.4 is 25.0 Å². The first-order chi connectivity index (χ1) is 14.6. The molecule has 1 aliphatic carbocycles. The molecule has 0 bridgehead atoms. The molecule has 2 aromatic carbocycles. The molecule has 4 rings (SSSR count). The van der Waals surface area contributed by atoms with Crippen LogP contribution in [0, 0.1) is 6.92 Å². The van der Waals surface area contributed by atoms with Gasteiger partial charge in [0.2, 0.25) is 0 Å². The molecule has 6 nitrogen and oxygen atoms in total. The van der Waals surface area contributed by atoms with Crippen molar-refractivity contribution in [2.45, 2.75) is 37.8 Å². The van der Waals surface area contributed by atoms with Crippen LogP contribution >= 0.6 is 0 Å². The molecule has 30 heavy (non-hydrogen) atoms. The lowest BCUT2D eigenvalue weighted by Gasteiger charge is -2.21. The van der Waals surface area contributed by atoms with Crippen LogP contribution in [0.3, 0.4) is 0 Å². The fourth-order valence-corrected chi connectivity index (χ4v) is 4.33. The third-order valence-corrected chi connectivity index (χ3v) is 6.15. The van der Waals surface area contributed by atoms with E-state index in [1.807, 2.05) is 13.1 Å². The van der Waals surface area contributed by atoms with Crippen LogP contribution in [-0.4, -0.2) is 52.4 Å². The van der Waals surface area contributed by atoms with Gasteiger partial charge >= 0.3 is 0 Å². The second kappa shape index (κ2) is 8.86. The van der Waals surface area contributed by atoms with Gasteiger partial charge in [-0.05, 0) is 30.9 Å². The summed E-state index contributed by atoms with van der Waals surface area (Å²) in [5, 5.41) is 7.23. The van der Waals surface area contributed by atoms with E-state index in [2.05, 4.69) is 63.8 Å². The predicted octanol–water partition coefficient (Wildman–Crippen LogP) is 3.31. The number of methoxy groups -OCH3 is 2. The highest BCUT2D eigenvalue weighted by atomic mass is 16.5. The first kappa shape index (κ1) is 20.4. The first-order valence-electron chi connectivity index (χ1n) is 10.6. The summed E-state index contributed by atoms with van der Waals surface area (Å²) < 4.78 is 10.8. The van der Waals surface area contributed by atoms with Crippen LogP contribution in [0.1, 0.15) is 29.9 Å². The third kappa shape index (κ3) is 4.48. The summed E-state index contributed by atoms with van der Waals surface area (Å²) in [4.78, 5) is 6.84. The highest BCUT2D eigenvalue weighted by Gasteiger charge is 2.40. The van der Waals surface area contributed by atoms with Crippen molar-refractivity contribution in [1.82, 2.24) is 10.6 Å². The number of aryl methyl sites for hydroxylation is 1. The van der Waals surface area contributed by atoms with Crippen molar-refractivity contribution in [2.24, 2.45) is 4.99 Å². The van der Waals surface area contributed by atoms with Gasteiger partial charge in [0, 0.05) is 62.0 Å². The molecule has 2 aliphatic rings. The monoisotopic (exact) mass is 408 g/mol. The van der Waals surface area contributed by atoms with Crippen LogP contribution in [0.15, 0.2) is 47.5 Å². The Labute approximate surface area is 179 Å². The summed E-state index contributed by atoms with van der Waals surface area (Å²) >= 11 is 0. The van der Waals surface area contributed by atoms with E-state index >= 15 is 0 Å². The molecule has 1 saturated heterocycles. The molecule has 6 heteroatoms. The van der Waals surface area contributed by atoms with E-state index in [-0.39, 0.29) is 0 Å². The molecule has 0 amide bonds. The molecule has 2 N–H and O–H groups in total. The maximum absolute atomic E-state index is 5.42. The number of guanidine groups is 1. The predicted molar refractivity (Wildman–Crippen MR) is 122 cm³/mol. The van der Waals surface area contributed by atoms with Gasteiger partial charge in [-0.1, -0.05) is 24.3 Å². The van der Waals surface area contributed by atoms with Crippen LogP contribution in [0.4, 0.5) is 5.69 Å². The molecule has 1 aliphatic heterocycles. The lowest BCUT2D eigenvalue weighted by molar-refractivity contribution is 0.394. The summed E-state index contributed by atoms with van der Waals surface area (Å²) in [6, 6.07) is 15.5. The Morgan fingerprint density at radius 2 is 1.80 bits per heavy atom. The molecular formula is C24H32N4O2. The number of anilines is 1. The van der Waals surface area contributed by atoms with E-state index in [1.54, 1.807) is 14.2 Å². The molecule has 2 aromatic rings. The molecule has 160 valence electrons. The summed E-state index contributed by atoms with van der Waals surface area (Å²) in [5.41, 5.74) is 3.94. The van der Waals surface area contributed by atoms with Gasteiger partial charge < -0.3 is 25.0 Å². The maximum atomic E-state index is 5.42. The Morgan fingerprint density at radius 1 is 1.07 bits per heavy atom. The largest absolute Gasteiger partial charge is 0.497 e. The second-order valence-corrected chi connectivity index (χ2v) is 8.17. The van der Waals surface area contributed by atoms with Gasteiger partial charge in [0.05, 0.1) is 14.2 Å². The van der Waals surface area contributed by atoms with E-state index in [4.69, 9.17) is 9.47 Å². The molecule has 0 aromatic heterocycles. The normalized spacial score (nSPS) is 23.3. The maximum Gasteiger partial charge on any atom is 0.191 e. The minimum absolute atomic E-state index is 0.351. The van der Waals surface area contributed by atoms with Gasteiger partial charge in [-0.2, -0.15) is 0 Å². The first-order valence-corrected chi connectivity index (χ1v) is 10.6. The zero-order valence-corrected chi connectivity index (χ0v) is 18.3. The van der Waals surface area contributed by atoms with E-state index in [0.29, 0.717) is 18.0 Å². The lowest BCUT2D eigenvalue weighted by Crippen LogP contribution is -2.45. The van der Waals surface area contributed by atoms with Crippen LogP contribution in [0.2, 0.25) is 0 Å². The molecule has 3 unspecified atom stereocenters. The number of hydrogen-bond donors (Lipinski definition) is 2. The minimum atomic E-state index is 0.351. The van der Waals surface area contributed by atoms with E-state index in [1.165, 1.54) is 11.1 Å². The van der Waals surface area contributed by atoms with Crippen LogP contribution in [0.25, 0.3) is 0 Å². The highest BCUT2D eigenvalue weighted by Crippen LogP contribution is 2.42. The lowest BCUT2D eigenvalue weighted by atomic mass is 10.0. The number of benzene rings is 2. The van der Waals surface area contributed by atoms with Gasteiger partial charge in [0.25, 0.3) is 0 Å². The van der Waals surface area contributed by atoms with Gasteiger partial charge in [-0.15, -0.1) is 0 Å². The van der Waals surface area contributed by atoms with Crippen molar-refractivity contribution in [3.63, 3.8) is 0 Å². The zero-order chi connectivity index (χ0) is 21.1. The molecule has 2 fully saturated rings. The second-order valence-electron chi connectivity index (χ2n) is 8.17. The van der Waals surface area contributed by atoms with Gasteiger partial charge in [-0.3, -0.25) is 4.99 Å². The van der Waals surface area contributed by atoms with Gasteiger partial charge in [-0.25, -0.2) is 0 Å². The standard InChI is InChI=1S/C24H32N4O2/c1-16-7-5-6-8-21(16)22-14-23(22)27-24(25-2)26-17-9-10-28(15-17)18-11-19(29-3)13-20(12-18)30-4/h5-8,11-13,17,22-23H,9-10,14-15H2,1-4H3,(H2,25,26,27). The number of rotatable bonds is 6. The average Bonchev–Trinajstić information content (AvgIpc) is 3.37. The van der Waals surface area contributed by atoms with Crippen molar-refractivity contribution in [3.05, 3.63) is 53.6 Å². The SMILES string of the molecule is CN=C(NC1CCN(c2cc(OC)cc(OC)c2)C1)NC1CC1c1ccccc1C. The van der Waals surface area contributed by atoms with Crippen molar-refractivity contribution in [1.29, 1.82) is 0 Å². The summed E-state index contributed by atoms with van der Waals surface area (Å²) in [6.07, 6.45) is 2.22. The Kier molecular flexibility index (Phi) is 6.02. The van der Waals surface area contributed by atoms with Crippen molar-refractivity contribution < 1.29 is 9.47 Å². The molecule has 1 saturated carbocycles. The van der Waals surface area contributed by atoms with Gasteiger partial charge in [0.1, 0.15) is 11.5 Å². The average molecular weight is 409 g/mol. The van der Waals surface area contributed by atoms with Crippen LogP contribution in [-0.2, 0) is 0 Å². The van der Waals surface area contributed by atoms with Crippen LogP contribution in [0.5, 0.6) is 11.5 Å². The number of ether oxygens (including phenoxy) is 2. The fourth-order valence-electron chi connectivity index (χ4n) is 4.33. The summed E-state index contributed by atoms with van der Waals surface area (Å²) in [5.74, 6) is 3.10. The number of hydrogen-bond acceptors (Lipinski definition) is 4. The molecule has 3 atom stereocenters. The van der Waals surface area contributed by atoms with E-state index < -0.39 is 0 Å². The quantitative estimate of drug-likeness (QED) is 0.567. The van der Waals surface area contributed by atoms with E-state index in [9.17, 15) is 0 Å². The Balaban J connectivity index is 1.33.